The quantitative estimate of drug-likeness (QED) is 0.909. The number of nitrogens with zero attached hydrogens (tertiary/aromatic N) is 2. The zero-order valence-electron chi connectivity index (χ0n) is 13.1. The lowest BCUT2D eigenvalue weighted by Gasteiger charge is -2.31. The van der Waals surface area contributed by atoms with E-state index in [9.17, 15) is 8.42 Å². The third-order valence-corrected chi connectivity index (χ3v) is 6.09. The Morgan fingerprint density at radius 1 is 1.35 bits per heavy atom. The smallest absolute Gasteiger partial charge is 0.246 e. The van der Waals surface area contributed by atoms with Gasteiger partial charge in [-0.25, -0.2) is 8.42 Å². The van der Waals surface area contributed by atoms with Crippen molar-refractivity contribution in [2.45, 2.75) is 24.7 Å². The molecule has 23 heavy (non-hydrogen) atoms. The predicted octanol–water partition coefficient (Wildman–Crippen LogP) is 2.20. The van der Waals surface area contributed by atoms with Gasteiger partial charge in [0, 0.05) is 19.0 Å². The van der Waals surface area contributed by atoms with Gasteiger partial charge in [-0.15, -0.1) is 0 Å². The number of benzene rings is 1. The average Bonchev–Trinajstić information content (AvgIpc) is 3.01. The molecular weight excluding hydrogens is 314 g/mol. The summed E-state index contributed by atoms with van der Waals surface area (Å²) >= 11 is 0. The predicted molar refractivity (Wildman–Crippen MR) is 86.7 cm³/mol. The summed E-state index contributed by atoms with van der Waals surface area (Å²) in [5, 5.41) is 6.51. The molecule has 0 amide bonds. The molecule has 1 atom stereocenters. The van der Waals surface area contributed by atoms with Gasteiger partial charge in [-0.05, 0) is 31.9 Å². The first kappa shape index (κ1) is 16.0. The Morgan fingerprint density at radius 2 is 2.13 bits per heavy atom. The van der Waals surface area contributed by atoms with Crippen LogP contribution in [0.15, 0.2) is 41.4 Å². The number of sulfonamides is 1. The molecule has 1 aromatic carbocycles. The number of nitrogens with one attached hydrogen (secondary N) is 1. The summed E-state index contributed by atoms with van der Waals surface area (Å²) in [6.07, 6.45) is 3.21. The largest absolute Gasteiger partial charge is 0.493 e. The molecule has 1 aliphatic rings. The van der Waals surface area contributed by atoms with Crippen LogP contribution in [0.3, 0.4) is 0 Å². The Hall–Kier alpha value is -1.86. The SMILES string of the molecule is Cc1[nH]ncc1S(=O)(=O)N1CCCC(COc2ccccc2)C1. The van der Waals surface area contributed by atoms with E-state index >= 15 is 0 Å². The number of H-pyrrole nitrogens is 1. The Balaban J connectivity index is 1.65. The number of para-hydroxylation sites is 1. The highest BCUT2D eigenvalue weighted by molar-refractivity contribution is 7.89. The number of ether oxygens (including phenoxy) is 1. The molecule has 0 spiro atoms. The van der Waals surface area contributed by atoms with Crippen LogP contribution in [0, 0.1) is 12.8 Å². The first-order valence-corrected chi connectivity index (χ1v) is 9.19. The second-order valence-electron chi connectivity index (χ2n) is 5.85. The Kier molecular flexibility index (Phi) is 4.68. The molecule has 0 bridgehead atoms. The minimum atomic E-state index is -3.48. The van der Waals surface area contributed by atoms with Crippen molar-refractivity contribution in [3.63, 3.8) is 0 Å². The normalized spacial score (nSPS) is 19.6. The van der Waals surface area contributed by atoms with Gasteiger partial charge in [0.1, 0.15) is 10.6 Å². The van der Waals surface area contributed by atoms with Crippen LogP contribution in [0.1, 0.15) is 18.5 Å². The molecule has 124 valence electrons. The standard InChI is InChI=1S/C16H21N3O3S/c1-13-16(10-17-18-13)23(20,21)19-9-5-6-14(11-19)12-22-15-7-3-2-4-8-15/h2-4,7-8,10,14H,5-6,9,11-12H2,1H3,(H,17,18). The molecular formula is C16H21N3O3S. The first-order chi connectivity index (χ1) is 11.1. The van der Waals surface area contributed by atoms with Crippen molar-refractivity contribution in [3.05, 3.63) is 42.2 Å². The van der Waals surface area contributed by atoms with Crippen LogP contribution in [0.2, 0.25) is 0 Å². The van der Waals surface area contributed by atoms with Crippen LogP contribution in [-0.4, -0.2) is 42.6 Å². The average molecular weight is 335 g/mol. The van der Waals surface area contributed by atoms with Gasteiger partial charge >= 0.3 is 0 Å². The molecule has 0 radical (unpaired) electrons. The fourth-order valence-electron chi connectivity index (χ4n) is 2.85. The number of hydrogen-bond acceptors (Lipinski definition) is 4. The molecule has 1 aromatic heterocycles. The van der Waals surface area contributed by atoms with Crippen LogP contribution in [-0.2, 0) is 10.0 Å². The highest BCUT2D eigenvalue weighted by Crippen LogP contribution is 2.25. The van der Waals surface area contributed by atoms with Crippen molar-refractivity contribution < 1.29 is 13.2 Å². The van der Waals surface area contributed by atoms with Crippen LogP contribution in [0.5, 0.6) is 5.75 Å². The highest BCUT2D eigenvalue weighted by atomic mass is 32.2. The Labute approximate surface area is 136 Å². The van der Waals surface area contributed by atoms with Gasteiger partial charge in [0.05, 0.1) is 18.5 Å². The van der Waals surface area contributed by atoms with Gasteiger partial charge < -0.3 is 4.74 Å². The van der Waals surface area contributed by atoms with Crippen molar-refractivity contribution in [2.24, 2.45) is 5.92 Å². The Bertz CT molecular complexity index is 743. The van der Waals surface area contributed by atoms with E-state index in [0.717, 1.165) is 18.6 Å². The molecule has 6 nitrogen and oxygen atoms in total. The minimum absolute atomic E-state index is 0.200. The summed E-state index contributed by atoms with van der Waals surface area (Å²) in [6, 6.07) is 9.61. The monoisotopic (exact) mass is 335 g/mol. The molecule has 1 fully saturated rings. The molecule has 1 saturated heterocycles. The fraction of sp³-hybridized carbons (Fsp3) is 0.438. The van der Waals surface area contributed by atoms with Crippen molar-refractivity contribution in [3.8, 4) is 5.75 Å². The van der Waals surface area contributed by atoms with Crippen LogP contribution >= 0.6 is 0 Å². The number of aromatic amines is 1. The summed E-state index contributed by atoms with van der Waals surface area (Å²) in [6.45, 7) is 3.29. The van der Waals surface area contributed by atoms with E-state index in [2.05, 4.69) is 10.2 Å². The van der Waals surface area contributed by atoms with Gasteiger partial charge in [0.15, 0.2) is 0 Å². The van der Waals surface area contributed by atoms with Crippen LogP contribution in [0.25, 0.3) is 0 Å². The molecule has 1 unspecified atom stereocenters. The van der Waals surface area contributed by atoms with Gasteiger partial charge in [-0.3, -0.25) is 5.10 Å². The number of rotatable bonds is 5. The molecule has 1 aliphatic heterocycles. The second kappa shape index (κ2) is 6.72. The lowest BCUT2D eigenvalue weighted by Crippen LogP contribution is -2.41. The van der Waals surface area contributed by atoms with E-state index in [4.69, 9.17) is 4.74 Å². The van der Waals surface area contributed by atoms with E-state index in [-0.39, 0.29) is 10.8 Å². The summed E-state index contributed by atoms with van der Waals surface area (Å²) in [5.74, 6) is 1.02. The summed E-state index contributed by atoms with van der Waals surface area (Å²) in [4.78, 5) is 0.266. The van der Waals surface area contributed by atoms with E-state index < -0.39 is 10.0 Å². The maximum atomic E-state index is 12.7. The van der Waals surface area contributed by atoms with Crippen molar-refractivity contribution >= 4 is 10.0 Å². The van der Waals surface area contributed by atoms with Gasteiger partial charge in [-0.2, -0.15) is 9.40 Å². The molecule has 0 saturated carbocycles. The Morgan fingerprint density at radius 3 is 2.83 bits per heavy atom. The maximum Gasteiger partial charge on any atom is 0.246 e. The molecule has 3 rings (SSSR count). The van der Waals surface area contributed by atoms with Gasteiger partial charge in [0.2, 0.25) is 10.0 Å². The molecule has 2 aromatic rings. The number of piperidine rings is 1. The lowest BCUT2D eigenvalue weighted by molar-refractivity contribution is 0.180. The third-order valence-electron chi connectivity index (χ3n) is 4.11. The summed E-state index contributed by atoms with van der Waals surface area (Å²) < 4.78 is 32.8. The van der Waals surface area contributed by atoms with Crippen molar-refractivity contribution in [2.75, 3.05) is 19.7 Å². The number of aryl methyl sites for hydroxylation is 1. The lowest BCUT2D eigenvalue weighted by atomic mass is 10.0. The topological polar surface area (TPSA) is 75.3 Å². The zero-order chi connectivity index (χ0) is 16.3. The molecule has 7 heteroatoms. The van der Waals surface area contributed by atoms with Crippen molar-refractivity contribution in [1.82, 2.24) is 14.5 Å². The van der Waals surface area contributed by atoms with Gasteiger partial charge in [0.25, 0.3) is 0 Å². The number of hydrogen-bond donors (Lipinski definition) is 1. The minimum Gasteiger partial charge on any atom is -0.493 e. The highest BCUT2D eigenvalue weighted by Gasteiger charge is 2.32. The van der Waals surface area contributed by atoms with E-state index in [1.165, 1.54) is 6.20 Å². The zero-order valence-corrected chi connectivity index (χ0v) is 13.9. The second-order valence-corrected chi connectivity index (χ2v) is 7.76. The van der Waals surface area contributed by atoms with Crippen LogP contribution in [0.4, 0.5) is 0 Å². The molecule has 0 aliphatic carbocycles. The fourth-order valence-corrected chi connectivity index (χ4v) is 4.52. The first-order valence-electron chi connectivity index (χ1n) is 7.75. The van der Waals surface area contributed by atoms with E-state index in [1.807, 2.05) is 30.3 Å². The molecule has 1 N–H and O–H groups in total. The van der Waals surface area contributed by atoms with Gasteiger partial charge in [-0.1, -0.05) is 18.2 Å². The summed E-state index contributed by atoms with van der Waals surface area (Å²) in [5.41, 5.74) is 0.577. The van der Waals surface area contributed by atoms with Crippen molar-refractivity contribution in [1.29, 1.82) is 0 Å². The summed E-state index contributed by atoms with van der Waals surface area (Å²) in [7, 11) is -3.48. The number of aromatic nitrogens is 2. The maximum absolute atomic E-state index is 12.7. The van der Waals surface area contributed by atoms with Crippen LogP contribution < -0.4 is 4.74 Å². The van der Waals surface area contributed by atoms with E-state index in [1.54, 1.807) is 11.2 Å². The third kappa shape index (κ3) is 3.56. The molecule has 2 heterocycles. The van der Waals surface area contributed by atoms with E-state index in [0.29, 0.717) is 25.4 Å².